The van der Waals surface area contributed by atoms with Crippen LogP contribution in [-0.4, -0.2) is 29.6 Å². The number of halogens is 1. The van der Waals surface area contributed by atoms with Crippen LogP contribution < -0.4 is 10.7 Å². The van der Waals surface area contributed by atoms with Gasteiger partial charge >= 0.3 is 0 Å². The van der Waals surface area contributed by atoms with Crippen LogP contribution >= 0.6 is 11.6 Å². The summed E-state index contributed by atoms with van der Waals surface area (Å²) in [5.74, 6) is -0.766. The average Bonchev–Trinajstić information content (AvgIpc) is 2.66. The van der Waals surface area contributed by atoms with Crippen molar-refractivity contribution in [2.45, 2.75) is 13.8 Å². The number of aromatic nitrogens is 1. The van der Waals surface area contributed by atoms with Gasteiger partial charge in [-0.3, -0.25) is 9.59 Å². The lowest BCUT2D eigenvalue weighted by Gasteiger charge is -2.05. The number of aryl methyl sites for hydroxylation is 2. The maximum atomic E-state index is 12.0. The average molecular weight is 395 g/mol. The molecule has 0 radical (unpaired) electrons. The Bertz CT molecular complexity index is 1080. The highest BCUT2D eigenvalue weighted by molar-refractivity contribution is 6.32. The molecule has 3 rings (SSSR count). The van der Waals surface area contributed by atoms with Crippen LogP contribution in [-0.2, 0) is 4.79 Å². The molecular formula is C21H19ClN4O2. The SMILES string of the molecule is Cc1cccc(C(=O)NCC(=O)N/N=C\c2cc3ccc(C)cc3nc2Cl)c1. The topological polar surface area (TPSA) is 83.5 Å². The molecule has 0 bridgehead atoms. The van der Waals surface area contributed by atoms with Crippen LogP contribution in [0.5, 0.6) is 0 Å². The van der Waals surface area contributed by atoms with Crippen LogP contribution in [0.1, 0.15) is 27.0 Å². The third-order valence-corrected chi connectivity index (χ3v) is 4.34. The quantitative estimate of drug-likeness (QED) is 0.395. The van der Waals surface area contributed by atoms with E-state index in [1.54, 1.807) is 18.2 Å². The molecule has 1 aromatic heterocycles. The highest BCUT2D eigenvalue weighted by Crippen LogP contribution is 2.20. The summed E-state index contributed by atoms with van der Waals surface area (Å²) < 4.78 is 0. The van der Waals surface area contributed by atoms with Crippen molar-refractivity contribution in [3.8, 4) is 0 Å². The molecule has 0 spiro atoms. The van der Waals surface area contributed by atoms with Gasteiger partial charge in [0.25, 0.3) is 11.8 Å². The molecule has 7 heteroatoms. The number of amides is 2. The molecule has 0 saturated carbocycles. The van der Waals surface area contributed by atoms with Gasteiger partial charge in [-0.2, -0.15) is 5.10 Å². The first kappa shape index (κ1) is 19.5. The molecule has 0 aliphatic rings. The monoisotopic (exact) mass is 394 g/mol. The number of hydrogen-bond donors (Lipinski definition) is 2. The van der Waals surface area contributed by atoms with Gasteiger partial charge in [-0.05, 0) is 43.7 Å². The Kier molecular flexibility index (Phi) is 6.01. The molecule has 0 saturated heterocycles. The van der Waals surface area contributed by atoms with Crippen molar-refractivity contribution in [3.05, 3.63) is 75.9 Å². The van der Waals surface area contributed by atoms with E-state index in [2.05, 4.69) is 20.8 Å². The highest BCUT2D eigenvalue weighted by Gasteiger charge is 2.08. The van der Waals surface area contributed by atoms with Crippen LogP contribution in [0.3, 0.4) is 0 Å². The van der Waals surface area contributed by atoms with Crippen molar-refractivity contribution in [3.63, 3.8) is 0 Å². The van der Waals surface area contributed by atoms with E-state index in [9.17, 15) is 9.59 Å². The molecule has 0 fully saturated rings. The lowest BCUT2D eigenvalue weighted by molar-refractivity contribution is -0.120. The molecule has 6 nitrogen and oxygen atoms in total. The standard InChI is InChI=1S/C21H19ClN4O2/c1-13-4-3-5-16(8-13)21(28)23-12-19(27)26-24-11-17-10-15-7-6-14(2)9-18(15)25-20(17)22/h3-11H,12H2,1-2H3,(H,23,28)(H,26,27)/b24-11-. The Labute approximate surface area is 167 Å². The van der Waals surface area contributed by atoms with Crippen LogP contribution in [0, 0.1) is 13.8 Å². The van der Waals surface area contributed by atoms with Crippen molar-refractivity contribution in [1.82, 2.24) is 15.7 Å². The van der Waals surface area contributed by atoms with Crippen molar-refractivity contribution >= 4 is 40.5 Å². The van der Waals surface area contributed by atoms with Crippen LogP contribution in [0.4, 0.5) is 0 Å². The summed E-state index contributed by atoms with van der Waals surface area (Å²) in [6.45, 7) is 3.69. The van der Waals surface area contributed by atoms with E-state index < -0.39 is 5.91 Å². The van der Waals surface area contributed by atoms with Crippen molar-refractivity contribution in [1.29, 1.82) is 0 Å². The number of pyridine rings is 1. The van der Waals surface area contributed by atoms with Gasteiger partial charge in [-0.1, -0.05) is 41.4 Å². The predicted octanol–water partition coefficient (Wildman–Crippen LogP) is 3.39. The van der Waals surface area contributed by atoms with Crippen LogP contribution in [0.25, 0.3) is 10.9 Å². The fraction of sp³-hybridized carbons (Fsp3) is 0.143. The van der Waals surface area contributed by atoms with Gasteiger partial charge in [0, 0.05) is 16.5 Å². The Balaban J connectivity index is 1.57. The zero-order chi connectivity index (χ0) is 20.1. The second-order valence-corrected chi connectivity index (χ2v) is 6.77. The highest BCUT2D eigenvalue weighted by atomic mass is 35.5. The van der Waals surface area contributed by atoms with Gasteiger partial charge in [0.05, 0.1) is 18.3 Å². The van der Waals surface area contributed by atoms with Crippen LogP contribution in [0.2, 0.25) is 5.15 Å². The minimum Gasteiger partial charge on any atom is -0.343 e. The van der Waals surface area contributed by atoms with Crippen molar-refractivity contribution in [2.24, 2.45) is 5.10 Å². The molecule has 3 aromatic rings. The van der Waals surface area contributed by atoms with Gasteiger partial charge in [-0.15, -0.1) is 0 Å². The van der Waals surface area contributed by atoms with Crippen molar-refractivity contribution in [2.75, 3.05) is 6.54 Å². The largest absolute Gasteiger partial charge is 0.343 e. The third kappa shape index (κ3) is 4.92. The molecule has 142 valence electrons. The number of hydrazone groups is 1. The normalized spacial score (nSPS) is 11.0. The summed E-state index contributed by atoms with van der Waals surface area (Å²) in [6, 6.07) is 14.8. The Morgan fingerprint density at radius 3 is 2.68 bits per heavy atom. The molecule has 1 heterocycles. The van der Waals surface area contributed by atoms with E-state index in [0.717, 1.165) is 22.0 Å². The van der Waals surface area contributed by atoms with E-state index in [1.165, 1.54) is 6.21 Å². The summed E-state index contributed by atoms with van der Waals surface area (Å²) in [4.78, 5) is 28.3. The summed E-state index contributed by atoms with van der Waals surface area (Å²) >= 11 is 6.18. The number of rotatable bonds is 5. The molecule has 0 aliphatic heterocycles. The first-order valence-electron chi connectivity index (χ1n) is 8.66. The number of carbonyl (C=O) groups is 2. The molecule has 0 aliphatic carbocycles. The molecule has 0 unspecified atom stereocenters. The smallest absolute Gasteiger partial charge is 0.259 e. The molecule has 28 heavy (non-hydrogen) atoms. The third-order valence-electron chi connectivity index (χ3n) is 4.04. The number of nitrogens with zero attached hydrogens (tertiary/aromatic N) is 2. The summed E-state index contributed by atoms with van der Waals surface area (Å²) in [5.41, 5.74) is 6.31. The zero-order valence-electron chi connectivity index (χ0n) is 15.5. The van der Waals surface area contributed by atoms with Gasteiger partial charge in [-0.25, -0.2) is 10.4 Å². The Morgan fingerprint density at radius 2 is 1.89 bits per heavy atom. The Morgan fingerprint density at radius 1 is 1.11 bits per heavy atom. The summed E-state index contributed by atoms with van der Waals surface area (Å²) in [6.07, 6.45) is 1.43. The van der Waals surface area contributed by atoms with Gasteiger partial charge in [0.2, 0.25) is 0 Å². The number of hydrogen-bond acceptors (Lipinski definition) is 4. The lowest BCUT2D eigenvalue weighted by atomic mass is 10.1. The maximum Gasteiger partial charge on any atom is 0.259 e. The number of nitrogens with one attached hydrogen (secondary N) is 2. The Hall–Kier alpha value is -3.25. The number of benzene rings is 2. The van der Waals surface area contributed by atoms with E-state index in [1.807, 2.05) is 44.2 Å². The van der Waals surface area contributed by atoms with Crippen molar-refractivity contribution < 1.29 is 9.59 Å². The number of carbonyl (C=O) groups excluding carboxylic acids is 2. The molecule has 2 amide bonds. The van der Waals surface area contributed by atoms with E-state index in [4.69, 9.17) is 11.6 Å². The minimum absolute atomic E-state index is 0.187. The lowest BCUT2D eigenvalue weighted by Crippen LogP contribution is -2.34. The second kappa shape index (κ2) is 8.63. The minimum atomic E-state index is -0.447. The van der Waals surface area contributed by atoms with E-state index in [-0.39, 0.29) is 12.5 Å². The predicted molar refractivity (Wildman–Crippen MR) is 111 cm³/mol. The zero-order valence-corrected chi connectivity index (χ0v) is 16.2. The van der Waals surface area contributed by atoms with Gasteiger partial charge < -0.3 is 5.32 Å². The van der Waals surface area contributed by atoms with Crippen LogP contribution in [0.15, 0.2) is 53.6 Å². The maximum absolute atomic E-state index is 12.0. The molecule has 2 aromatic carbocycles. The van der Waals surface area contributed by atoms with E-state index in [0.29, 0.717) is 16.3 Å². The molecule has 2 N–H and O–H groups in total. The molecular weight excluding hydrogens is 376 g/mol. The summed E-state index contributed by atoms with van der Waals surface area (Å²) in [7, 11) is 0. The first-order valence-corrected chi connectivity index (χ1v) is 9.04. The van der Waals surface area contributed by atoms with E-state index >= 15 is 0 Å². The molecule has 0 atom stereocenters. The summed E-state index contributed by atoms with van der Waals surface area (Å²) in [5, 5.41) is 7.66. The fourth-order valence-electron chi connectivity index (χ4n) is 2.62. The fourth-order valence-corrected chi connectivity index (χ4v) is 2.82. The van der Waals surface area contributed by atoms with Gasteiger partial charge in [0.15, 0.2) is 0 Å². The second-order valence-electron chi connectivity index (χ2n) is 6.41. The first-order chi connectivity index (χ1) is 13.4. The van der Waals surface area contributed by atoms with Gasteiger partial charge in [0.1, 0.15) is 5.15 Å². The number of fused-ring (bicyclic) bond motifs is 1.